The van der Waals surface area contributed by atoms with Gasteiger partial charge in [0.15, 0.2) is 0 Å². The molecule has 5 heteroatoms. The van der Waals surface area contributed by atoms with E-state index in [-0.39, 0.29) is 24.8 Å². The van der Waals surface area contributed by atoms with E-state index in [2.05, 4.69) is 17.2 Å². The molecule has 0 spiro atoms. The van der Waals surface area contributed by atoms with Crippen molar-refractivity contribution in [2.24, 2.45) is 0 Å². The van der Waals surface area contributed by atoms with E-state index in [9.17, 15) is 9.59 Å². The van der Waals surface area contributed by atoms with Gasteiger partial charge in [0.1, 0.15) is 0 Å². The second kappa shape index (κ2) is 8.77. The molecule has 0 aliphatic carbocycles. The lowest BCUT2D eigenvalue weighted by atomic mass is 10.1. The zero-order valence-corrected chi connectivity index (χ0v) is 12.3. The number of amides is 2. The highest BCUT2D eigenvalue weighted by Gasteiger charge is 2.12. The number of nitrogens with zero attached hydrogens (tertiary/aromatic N) is 1. The van der Waals surface area contributed by atoms with Crippen LogP contribution in [0.15, 0.2) is 24.3 Å². The average molecular weight is 288 g/mol. The molecule has 0 aromatic heterocycles. The van der Waals surface area contributed by atoms with Gasteiger partial charge in [-0.1, -0.05) is 17.9 Å². The van der Waals surface area contributed by atoms with Crippen LogP contribution < -0.4 is 5.32 Å². The largest absolute Gasteiger partial charge is 0.395 e. The first-order chi connectivity index (χ1) is 10.1. The molecule has 0 bridgehead atoms. The van der Waals surface area contributed by atoms with Gasteiger partial charge in [-0.25, -0.2) is 0 Å². The monoisotopic (exact) mass is 288 g/mol. The van der Waals surface area contributed by atoms with Gasteiger partial charge in [-0.2, -0.15) is 0 Å². The molecule has 0 saturated carbocycles. The average Bonchev–Trinajstić information content (AvgIpc) is 2.52. The van der Waals surface area contributed by atoms with E-state index in [1.807, 2.05) is 6.07 Å². The summed E-state index contributed by atoms with van der Waals surface area (Å²) in [6.45, 7) is 0.382. The van der Waals surface area contributed by atoms with Crippen molar-refractivity contribution in [3.05, 3.63) is 35.4 Å². The maximum Gasteiger partial charge on any atom is 0.253 e. The SMILES string of the molecule is CNC(=O)CCN(C)C(=O)c1cccc(C#CCCO)c1. The number of benzene rings is 1. The van der Waals surface area contributed by atoms with Crippen molar-refractivity contribution in [1.82, 2.24) is 10.2 Å². The van der Waals surface area contributed by atoms with Crippen molar-refractivity contribution in [2.75, 3.05) is 27.2 Å². The normalized spacial score (nSPS) is 9.48. The minimum absolute atomic E-state index is 0.0217. The van der Waals surface area contributed by atoms with Gasteiger partial charge in [0, 0.05) is 44.6 Å². The van der Waals surface area contributed by atoms with Gasteiger partial charge in [-0.05, 0) is 18.2 Å². The van der Waals surface area contributed by atoms with Crippen LogP contribution in [0.3, 0.4) is 0 Å². The number of rotatable bonds is 5. The third-order valence-electron chi connectivity index (χ3n) is 2.88. The predicted molar refractivity (Wildman–Crippen MR) is 80.7 cm³/mol. The fraction of sp³-hybridized carbons (Fsp3) is 0.375. The zero-order chi connectivity index (χ0) is 15.7. The summed E-state index contributed by atoms with van der Waals surface area (Å²) in [5.41, 5.74) is 1.26. The van der Waals surface area contributed by atoms with Crippen molar-refractivity contribution in [3.8, 4) is 11.8 Å². The minimum Gasteiger partial charge on any atom is -0.395 e. The van der Waals surface area contributed by atoms with E-state index < -0.39 is 0 Å². The molecular weight excluding hydrogens is 268 g/mol. The van der Waals surface area contributed by atoms with E-state index in [1.165, 1.54) is 4.90 Å². The molecule has 1 rings (SSSR count). The highest BCUT2D eigenvalue weighted by molar-refractivity contribution is 5.94. The maximum absolute atomic E-state index is 12.2. The summed E-state index contributed by atoms with van der Waals surface area (Å²) in [6.07, 6.45) is 0.680. The van der Waals surface area contributed by atoms with Crippen LogP contribution >= 0.6 is 0 Å². The summed E-state index contributed by atoms with van der Waals surface area (Å²) < 4.78 is 0. The van der Waals surface area contributed by atoms with E-state index in [4.69, 9.17) is 5.11 Å². The molecule has 2 N–H and O–H groups in total. The van der Waals surface area contributed by atoms with Crippen LogP contribution in [0.2, 0.25) is 0 Å². The van der Waals surface area contributed by atoms with Crippen LogP contribution in [-0.4, -0.2) is 49.1 Å². The lowest BCUT2D eigenvalue weighted by molar-refractivity contribution is -0.120. The molecule has 1 aromatic carbocycles. The molecular formula is C16H20N2O3. The molecule has 1 aromatic rings. The molecule has 112 valence electrons. The zero-order valence-electron chi connectivity index (χ0n) is 12.3. The third-order valence-corrected chi connectivity index (χ3v) is 2.88. The molecule has 0 heterocycles. The number of aliphatic hydroxyl groups excluding tert-OH is 1. The molecule has 5 nitrogen and oxygen atoms in total. The summed E-state index contributed by atoms with van der Waals surface area (Å²) in [4.78, 5) is 24.9. The van der Waals surface area contributed by atoms with E-state index in [1.54, 1.807) is 32.3 Å². The lowest BCUT2D eigenvalue weighted by Crippen LogP contribution is -2.31. The van der Waals surface area contributed by atoms with Crippen LogP contribution in [0.25, 0.3) is 0 Å². The van der Waals surface area contributed by atoms with Gasteiger partial charge in [0.2, 0.25) is 5.91 Å². The van der Waals surface area contributed by atoms with Crippen LogP contribution in [0.4, 0.5) is 0 Å². The maximum atomic E-state index is 12.2. The van der Waals surface area contributed by atoms with Crippen molar-refractivity contribution >= 4 is 11.8 Å². The van der Waals surface area contributed by atoms with Crippen LogP contribution in [0.5, 0.6) is 0 Å². The second-order valence-corrected chi connectivity index (χ2v) is 4.51. The Kier molecular flexibility index (Phi) is 6.99. The topological polar surface area (TPSA) is 69.6 Å². The van der Waals surface area contributed by atoms with Gasteiger partial charge in [-0.15, -0.1) is 0 Å². The standard InChI is InChI=1S/C16H20N2O3/c1-17-15(20)9-10-18(2)16(21)14-8-5-7-13(12-14)6-3-4-11-19/h5,7-8,12,19H,4,9-11H2,1-2H3,(H,17,20). The highest BCUT2D eigenvalue weighted by Crippen LogP contribution is 2.07. The Hall–Kier alpha value is -2.32. The number of hydrogen-bond donors (Lipinski definition) is 2. The lowest BCUT2D eigenvalue weighted by Gasteiger charge is -2.16. The predicted octanol–water partition coefficient (Wildman–Crippen LogP) is 0.629. The first-order valence-electron chi connectivity index (χ1n) is 6.74. The smallest absolute Gasteiger partial charge is 0.253 e. The van der Waals surface area contributed by atoms with E-state index >= 15 is 0 Å². The fourth-order valence-electron chi connectivity index (χ4n) is 1.67. The molecule has 0 saturated heterocycles. The summed E-state index contributed by atoms with van der Waals surface area (Å²) in [5.74, 6) is 5.46. The Morgan fingerprint density at radius 1 is 1.38 bits per heavy atom. The summed E-state index contributed by atoms with van der Waals surface area (Å²) in [7, 11) is 3.23. The minimum atomic E-state index is -0.148. The van der Waals surface area contributed by atoms with Gasteiger partial charge in [-0.3, -0.25) is 9.59 Å². The Labute approximate surface area is 125 Å². The van der Waals surface area contributed by atoms with Gasteiger partial charge < -0.3 is 15.3 Å². The van der Waals surface area contributed by atoms with Crippen molar-refractivity contribution in [2.45, 2.75) is 12.8 Å². The highest BCUT2D eigenvalue weighted by atomic mass is 16.2. The molecule has 0 radical (unpaired) electrons. The van der Waals surface area contributed by atoms with Gasteiger partial charge in [0.05, 0.1) is 6.61 Å². The van der Waals surface area contributed by atoms with Crippen LogP contribution in [0.1, 0.15) is 28.8 Å². The Morgan fingerprint density at radius 2 is 2.14 bits per heavy atom. The quantitative estimate of drug-likeness (QED) is 0.781. The fourth-order valence-corrected chi connectivity index (χ4v) is 1.67. The third kappa shape index (κ3) is 5.67. The molecule has 0 aliphatic heterocycles. The molecule has 0 unspecified atom stereocenters. The number of nitrogens with one attached hydrogen (secondary N) is 1. The first-order valence-corrected chi connectivity index (χ1v) is 6.74. The molecule has 0 fully saturated rings. The van der Waals surface area contributed by atoms with Crippen molar-refractivity contribution in [3.63, 3.8) is 0 Å². The van der Waals surface area contributed by atoms with Crippen LogP contribution in [0, 0.1) is 11.8 Å². The summed E-state index contributed by atoms with van der Waals surface area (Å²) in [5, 5.41) is 11.2. The first kappa shape index (κ1) is 16.7. The van der Waals surface area contributed by atoms with Crippen molar-refractivity contribution in [1.29, 1.82) is 0 Å². The number of hydrogen-bond acceptors (Lipinski definition) is 3. The van der Waals surface area contributed by atoms with Crippen molar-refractivity contribution < 1.29 is 14.7 Å². The Morgan fingerprint density at radius 3 is 2.81 bits per heavy atom. The van der Waals surface area contributed by atoms with E-state index in [0.29, 0.717) is 18.5 Å². The summed E-state index contributed by atoms with van der Waals surface area (Å²) >= 11 is 0. The molecule has 0 aliphatic rings. The van der Waals surface area contributed by atoms with Gasteiger partial charge in [0.25, 0.3) is 5.91 Å². The number of carbonyl (C=O) groups excluding carboxylic acids is 2. The number of aliphatic hydroxyl groups is 1. The Bertz CT molecular complexity index is 558. The Balaban J connectivity index is 2.72. The van der Waals surface area contributed by atoms with Crippen LogP contribution in [-0.2, 0) is 4.79 Å². The van der Waals surface area contributed by atoms with Gasteiger partial charge >= 0.3 is 0 Å². The summed E-state index contributed by atoms with van der Waals surface area (Å²) in [6, 6.07) is 7.01. The molecule has 2 amide bonds. The number of carbonyl (C=O) groups is 2. The van der Waals surface area contributed by atoms with E-state index in [0.717, 1.165) is 5.56 Å². The molecule has 21 heavy (non-hydrogen) atoms. The molecule has 0 atom stereocenters. The second-order valence-electron chi connectivity index (χ2n) is 4.51.